The molecule has 0 spiro atoms. The van der Waals surface area contributed by atoms with E-state index in [9.17, 15) is 0 Å². The fraction of sp³-hybridized carbons (Fsp3) is 0.636. The SMILES string of the molecule is CCN(CC)C(C)CNc1ccc2nnnn2n1. The summed E-state index contributed by atoms with van der Waals surface area (Å²) in [7, 11) is 0. The van der Waals surface area contributed by atoms with Gasteiger partial charge in [0.2, 0.25) is 0 Å². The number of rotatable bonds is 6. The molecule has 2 aromatic rings. The third kappa shape index (κ3) is 2.73. The first-order valence-electron chi connectivity index (χ1n) is 6.28. The van der Waals surface area contributed by atoms with Crippen LogP contribution in [0.1, 0.15) is 20.8 Å². The predicted octanol–water partition coefficient (Wildman–Crippen LogP) is 0.661. The van der Waals surface area contributed by atoms with E-state index in [1.807, 2.05) is 12.1 Å². The quantitative estimate of drug-likeness (QED) is 0.811. The molecule has 0 saturated heterocycles. The van der Waals surface area contributed by atoms with Crippen LogP contribution in [0.3, 0.4) is 0 Å². The van der Waals surface area contributed by atoms with Gasteiger partial charge in [-0.3, -0.25) is 4.90 Å². The summed E-state index contributed by atoms with van der Waals surface area (Å²) < 4.78 is 1.42. The molecular formula is C11H19N7. The molecule has 0 fully saturated rings. The van der Waals surface area contributed by atoms with Crippen LogP contribution < -0.4 is 5.32 Å². The highest BCUT2D eigenvalue weighted by atomic mass is 15.6. The molecule has 0 aliphatic heterocycles. The van der Waals surface area contributed by atoms with E-state index < -0.39 is 0 Å². The van der Waals surface area contributed by atoms with Crippen LogP contribution in [0.2, 0.25) is 0 Å². The van der Waals surface area contributed by atoms with Crippen molar-refractivity contribution >= 4 is 11.5 Å². The molecule has 7 heteroatoms. The number of aromatic nitrogens is 5. The smallest absolute Gasteiger partial charge is 0.200 e. The summed E-state index contributed by atoms with van der Waals surface area (Å²) in [5.41, 5.74) is 0.650. The Hall–Kier alpha value is -1.76. The van der Waals surface area contributed by atoms with Crippen LogP contribution in [0.4, 0.5) is 5.82 Å². The highest BCUT2D eigenvalue weighted by molar-refractivity contribution is 5.42. The van der Waals surface area contributed by atoms with Gasteiger partial charge < -0.3 is 5.32 Å². The highest BCUT2D eigenvalue weighted by Crippen LogP contribution is 2.05. The molecule has 0 saturated carbocycles. The summed E-state index contributed by atoms with van der Waals surface area (Å²) in [5.74, 6) is 0.786. The predicted molar refractivity (Wildman–Crippen MR) is 69.4 cm³/mol. The van der Waals surface area contributed by atoms with Gasteiger partial charge in [-0.2, -0.15) is 0 Å². The molecule has 18 heavy (non-hydrogen) atoms. The van der Waals surface area contributed by atoms with Crippen molar-refractivity contribution in [2.45, 2.75) is 26.8 Å². The zero-order chi connectivity index (χ0) is 13.0. The van der Waals surface area contributed by atoms with E-state index in [0.29, 0.717) is 11.7 Å². The van der Waals surface area contributed by atoms with Crippen molar-refractivity contribution in [3.05, 3.63) is 12.1 Å². The number of fused-ring (bicyclic) bond motifs is 1. The highest BCUT2D eigenvalue weighted by Gasteiger charge is 2.10. The monoisotopic (exact) mass is 249 g/mol. The normalized spacial score (nSPS) is 13.1. The van der Waals surface area contributed by atoms with Gasteiger partial charge in [0, 0.05) is 12.6 Å². The summed E-state index contributed by atoms with van der Waals surface area (Å²) in [6, 6.07) is 4.20. The van der Waals surface area contributed by atoms with Crippen LogP contribution in [0.25, 0.3) is 5.65 Å². The maximum atomic E-state index is 4.27. The Bertz CT molecular complexity index is 491. The number of tetrazole rings is 1. The Morgan fingerprint density at radius 1 is 1.33 bits per heavy atom. The summed E-state index contributed by atoms with van der Waals surface area (Å²) in [5, 5.41) is 18.7. The molecule has 98 valence electrons. The van der Waals surface area contributed by atoms with Gasteiger partial charge in [0.05, 0.1) is 0 Å². The first-order chi connectivity index (χ1) is 8.74. The van der Waals surface area contributed by atoms with E-state index >= 15 is 0 Å². The number of nitrogens with zero attached hydrogens (tertiary/aromatic N) is 6. The van der Waals surface area contributed by atoms with E-state index in [2.05, 4.69) is 51.6 Å². The van der Waals surface area contributed by atoms with Crippen LogP contribution in [-0.4, -0.2) is 55.8 Å². The lowest BCUT2D eigenvalue weighted by molar-refractivity contribution is 0.240. The van der Waals surface area contributed by atoms with Gasteiger partial charge in [0.1, 0.15) is 5.82 Å². The molecule has 2 heterocycles. The molecule has 0 aliphatic carbocycles. The zero-order valence-corrected chi connectivity index (χ0v) is 11.0. The minimum Gasteiger partial charge on any atom is -0.367 e. The zero-order valence-electron chi connectivity index (χ0n) is 11.0. The average Bonchev–Trinajstić information content (AvgIpc) is 2.85. The van der Waals surface area contributed by atoms with Crippen molar-refractivity contribution in [1.29, 1.82) is 0 Å². The van der Waals surface area contributed by atoms with Gasteiger partial charge in [0.25, 0.3) is 0 Å². The molecule has 0 aliphatic rings. The van der Waals surface area contributed by atoms with Gasteiger partial charge in [-0.05, 0) is 42.6 Å². The molecule has 1 unspecified atom stereocenters. The summed E-state index contributed by atoms with van der Waals surface area (Å²) in [4.78, 5) is 2.39. The maximum absolute atomic E-state index is 4.27. The van der Waals surface area contributed by atoms with Crippen LogP contribution in [0, 0.1) is 0 Å². The van der Waals surface area contributed by atoms with Gasteiger partial charge >= 0.3 is 0 Å². The summed E-state index contributed by atoms with van der Waals surface area (Å²) in [6.07, 6.45) is 0. The lowest BCUT2D eigenvalue weighted by Crippen LogP contribution is -2.37. The van der Waals surface area contributed by atoms with Gasteiger partial charge in [-0.15, -0.1) is 14.8 Å². The van der Waals surface area contributed by atoms with Crippen molar-refractivity contribution in [1.82, 2.24) is 30.2 Å². The van der Waals surface area contributed by atoms with Crippen molar-refractivity contribution < 1.29 is 0 Å². The second kappa shape index (κ2) is 5.72. The molecule has 2 rings (SSSR count). The second-order valence-electron chi connectivity index (χ2n) is 4.20. The number of hydrogen-bond acceptors (Lipinski definition) is 6. The fourth-order valence-electron chi connectivity index (χ4n) is 1.97. The van der Waals surface area contributed by atoms with Crippen molar-refractivity contribution in [2.24, 2.45) is 0 Å². The first kappa shape index (κ1) is 12.7. The summed E-state index contributed by atoms with van der Waals surface area (Å²) >= 11 is 0. The molecule has 0 amide bonds. The molecule has 0 radical (unpaired) electrons. The maximum Gasteiger partial charge on any atom is 0.200 e. The van der Waals surface area contributed by atoms with Crippen molar-refractivity contribution in [2.75, 3.05) is 25.0 Å². The molecule has 0 bridgehead atoms. The Balaban J connectivity index is 1.96. The Morgan fingerprint density at radius 3 is 2.83 bits per heavy atom. The van der Waals surface area contributed by atoms with Crippen LogP contribution >= 0.6 is 0 Å². The topological polar surface area (TPSA) is 71.2 Å². The number of anilines is 1. The lowest BCUT2D eigenvalue weighted by atomic mass is 10.3. The van der Waals surface area contributed by atoms with Gasteiger partial charge in [0.15, 0.2) is 5.65 Å². The van der Waals surface area contributed by atoms with Gasteiger partial charge in [-0.1, -0.05) is 13.8 Å². The Labute approximate surface area is 106 Å². The van der Waals surface area contributed by atoms with Crippen LogP contribution in [0.5, 0.6) is 0 Å². The van der Waals surface area contributed by atoms with E-state index in [4.69, 9.17) is 0 Å². The van der Waals surface area contributed by atoms with Crippen molar-refractivity contribution in [3.63, 3.8) is 0 Å². The molecular weight excluding hydrogens is 230 g/mol. The number of hydrogen-bond donors (Lipinski definition) is 1. The molecule has 1 atom stereocenters. The standard InChI is InChI=1S/C11H19N7/c1-4-17(5-2)9(3)8-12-10-6-7-11-13-15-16-18(11)14-10/h6-7,9H,4-5,8H2,1-3H3,(H,12,14). The van der Waals surface area contributed by atoms with E-state index in [1.165, 1.54) is 4.63 Å². The third-order valence-electron chi connectivity index (χ3n) is 3.08. The Kier molecular flexibility index (Phi) is 4.03. The van der Waals surface area contributed by atoms with Gasteiger partial charge in [-0.25, -0.2) is 0 Å². The average molecular weight is 249 g/mol. The minimum atomic E-state index is 0.464. The number of likely N-dealkylation sites (N-methyl/N-ethyl adjacent to an activating group) is 1. The molecule has 0 aromatic carbocycles. The first-order valence-corrected chi connectivity index (χ1v) is 6.28. The third-order valence-corrected chi connectivity index (χ3v) is 3.08. The van der Waals surface area contributed by atoms with E-state index in [-0.39, 0.29) is 0 Å². The van der Waals surface area contributed by atoms with Crippen LogP contribution in [0.15, 0.2) is 12.1 Å². The van der Waals surface area contributed by atoms with Crippen LogP contribution in [-0.2, 0) is 0 Å². The molecule has 1 N–H and O–H groups in total. The molecule has 2 aromatic heterocycles. The largest absolute Gasteiger partial charge is 0.367 e. The Morgan fingerprint density at radius 2 is 2.11 bits per heavy atom. The fourth-order valence-corrected chi connectivity index (χ4v) is 1.97. The molecule has 7 nitrogen and oxygen atoms in total. The number of nitrogens with one attached hydrogen (secondary N) is 1. The lowest BCUT2D eigenvalue weighted by Gasteiger charge is -2.26. The van der Waals surface area contributed by atoms with E-state index in [1.54, 1.807) is 0 Å². The minimum absolute atomic E-state index is 0.464. The van der Waals surface area contributed by atoms with Crippen molar-refractivity contribution in [3.8, 4) is 0 Å². The second-order valence-corrected chi connectivity index (χ2v) is 4.20. The summed E-state index contributed by atoms with van der Waals surface area (Å²) in [6.45, 7) is 9.51. The van der Waals surface area contributed by atoms with E-state index in [0.717, 1.165) is 25.5 Å².